The van der Waals surface area contributed by atoms with E-state index in [2.05, 4.69) is 10.3 Å². The third kappa shape index (κ3) is 8.45. The first kappa shape index (κ1) is 11.5. The van der Waals surface area contributed by atoms with Gasteiger partial charge in [-0.15, -0.1) is 0 Å². The average molecular weight is 187 g/mol. The molecule has 0 aromatic heterocycles. The highest BCUT2D eigenvalue weighted by Gasteiger charge is 2.02. The number of urea groups is 1. The number of primary amides is 1. The lowest BCUT2D eigenvalue weighted by atomic mass is 10.2. The van der Waals surface area contributed by atoms with E-state index in [1.165, 1.54) is 0 Å². The van der Waals surface area contributed by atoms with Crippen LogP contribution < -0.4 is 22.5 Å². The molecule has 0 aliphatic carbocycles. The number of nitrogens with zero attached hydrogens (tertiary/aromatic N) is 1. The lowest BCUT2D eigenvalue weighted by molar-refractivity contribution is 0.245. The Labute approximate surface area is 77.6 Å². The number of nitrogens with one attached hydrogen (secondary N) is 1. The van der Waals surface area contributed by atoms with Crippen LogP contribution in [-0.2, 0) is 0 Å². The summed E-state index contributed by atoms with van der Waals surface area (Å²) >= 11 is 0. The van der Waals surface area contributed by atoms with Crippen LogP contribution in [0, 0.1) is 0 Å². The third-order valence-corrected chi connectivity index (χ3v) is 1.48. The van der Waals surface area contributed by atoms with Crippen molar-refractivity contribution < 1.29 is 4.79 Å². The van der Waals surface area contributed by atoms with Gasteiger partial charge in [-0.2, -0.15) is 0 Å². The summed E-state index contributed by atoms with van der Waals surface area (Å²) in [6, 6.07) is -0.443. The molecular weight excluding hydrogens is 170 g/mol. The van der Waals surface area contributed by atoms with Crippen LogP contribution in [0.3, 0.4) is 0 Å². The molecule has 0 rings (SSSR count). The summed E-state index contributed by atoms with van der Waals surface area (Å²) in [5.41, 5.74) is 15.2. The van der Waals surface area contributed by atoms with Crippen LogP contribution in [-0.4, -0.2) is 24.6 Å². The number of guanidine groups is 1. The van der Waals surface area contributed by atoms with Gasteiger partial charge in [-0.25, -0.2) is 4.79 Å². The van der Waals surface area contributed by atoms with Gasteiger partial charge < -0.3 is 22.5 Å². The monoisotopic (exact) mass is 187 g/mol. The second kappa shape index (κ2) is 6.10. The highest BCUT2D eigenvalue weighted by Crippen LogP contribution is 1.95. The van der Waals surface area contributed by atoms with E-state index < -0.39 is 6.03 Å². The van der Waals surface area contributed by atoms with Gasteiger partial charge in [0, 0.05) is 12.6 Å². The number of hydrogen-bond acceptors (Lipinski definition) is 2. The van der Waals surface area contributed by atoms with Gasteiger partial charge in [-0.1, -0.05) is 0 Å². The first-order valence-electron chi connectivity index (χ1n) is 4.13. The maximum Gasteiger partial charge on any atom is 0.312 e. The van der Waals surface area contributed by atoms with Crippen molar-refractivity contribution in [2.24, 2.45) is 22.2 Å². The van der Waals surface area contributed by atoms with Gasteiger partial charge in [-0.3, -0.25) is 4.99 Å². The Bertz CT molecular complexity index is 187. The summed E-state index contributed by atoms with van der Waals surface area (Å²) < 4.78 is 0. The molecule has 0 unspecified atom stereocenters. The molecule has 0 spiro atoms. The molecule has 0 aromatic carbocycles. The molecule has 0 heterocycles. The van der Waals surface area contributed by atoms with Crippen LogP contribution in [0.2, 0.25) is 0 Å². The van der Waals surface area contributed by atoms with Crippen LogP contribution in [0.4, 0.5) is 4.79 Å². The fourth-order valence-corrected chi connectivity index (χ4v) is 0.921. The third-order valence-electron chi connectivity index (χ3n) is 1.48. The van der Waals surface area contributed by atoms with E-state index in [4.69, 9.17) is 17.2 Å². The number of carbonyl (C=O) groups excluding carboxylic acids is 1. The van der Waals surface area contributed by atoms with Crippen LogP contribution in [0.5, 0.6) is 0 Å². The molecule has 0 radical (unpaired) electrons. The molecule has 0 bridgehead atoms. The minimum atomic E-state index is -0.505. The van der Waals surface area contributed by atoms with Crippen molar-refractivity contribution in [1.82, 2.24) is 5.32 Å². The standard InChI is InChI=1S/C7H17N5O/c1-5(12-7(10)13)3-2-4-11-6(8)9/h5H,2-4H2,1H3,(H4,8,9,11)(H3,10,12,13)/t5-/m0/s1. The molecular formula is C7H17N5O. The quantitative estimate of drug-likeness (QED) is 0.253. The fraction of sp³-hybridized carbons (Fsp3) is 0.714. The Hall–Kier alpha value is -1.46. The second-order valence-corrected chi connectivity index (χ2v) is 2.86. The SMILES string of the molecule is C[C@@H](CCCN=C(N)N)NC(N)=O. The summed E-state index contributed by atoms with van der Waals surface area (Å²) in [5, 5.41) is 2.56. The zero-order valence-electron chi connectivity index (χ0n) is 7.79. The average Bonchev–Trinajstić information content (AvgIpc) is 1.96. The van der Waals surface area contributed by atoms with Crippen molar-refractivity contribution in [1.29, 1.82) is 0 Å². The van der Waals surface area contributed by atoms with Crippen molar-refractivity contribution in [3.8, 4) is 0 Å². The van der Waals surface area contributed by atoms with E-state index in [1.54, 1.807) is 0 Å². The number of amides is 2. The fourth-order valence-electron chi connectivity index (χ4n) is 0.921. The topological polar surface area (TPSA) is 120 Å². The van der Waals surface area contributed by atoms with Crippen LogP contribution in [0.1, 0.15) is 19.8 Å². The molecule has 13 heavy (non-hydrogen) atoms. The normalized spacial score (nSPS) is 11.8. The number of hydrogen-bond donors (Lipinski definition) is 4. The van der Waals surface area contributed by atoms with Gasteiger partial charge in [0.15, 0.2) is 5.96 Å². The largest absolute Gasteiger partial charge is 0.370 e. The van der Waals surface area contributed by atoms with E-state index in [9.17, 15) is 4.79 Å². The maximum atomic E-state index is 10.4. The Morgan fingerprint density at radius 3 is 2.54 bits per heavy atom. The molecule has 6 heteroatoms. The van der Waals surface area contributed by atoms with E-state index >= 15 is 0 Å². The Morgan fingerprint density at radius 1 is 1.46 bits per heavy atom. The van der Waals surface area contributed by atoms with Crippen LogP contribution in [0.15, 0.2) is 4.99 Å². The van der Waals surface area contributed by atoms with Gasteiger partial charge >= 0.3 is 6.03 Å². The molecule has 6 nitrogen and oxygen atoms in total. The van der Waals surface area contributed by atoms with E-state index in [0.29, 0.717) is 6.54 Å². The Kier molecular flexibility index (Phi) is 5.42. The van der Waals surface area contributed by atoms with Crippen molar-refractivity contribution in [3.63, 3.8) is 0 Å². The van der Waals surface area contributed by atoms with Crippen molar-refractivity contribution in [2.75, 3.05) is 6.54 Å². The Balaban J connectivity index is 3.42. The molecule has 0 aliphatic heterocycles. The molecule has 0 saturated heterocycles. The van der Waals surface area contributed by atoms with Crippen LogP contribution >= 0.6 is 0 Å². The number of carbonyl (C=O) groups is 1. The van der Waals surface area contributed by atoms with Crippen LogP contribution in [0.25, 0.3) is 0 Å². The first-order chi connectivity index (χ1) is 6.02. The molecule has 76 valence electrons. The predicted octanol–water partition coefficient (Wildman–Crippen LogP) is -0.903. The molecule has 0 fully saturated rings. The van der Waals surface area contributed by atoms with E-state index in [-0.39, 0.29) is 12.0 Å². The van der Waals surface area contributed by atoms with Gasteiger partial charge in [0.25, 0.3) is 0 Å². The maximum absolute atomic E-state index is 10.4. The van der Waals surface area contributed by atoms with E-state index in [1.807, 2.05) is 6.92 Å². The zero-order valence-corrected chi connectivity index (χ0v) is 7.79. The molecule has 7 N–H and O–H groups in total. The summed E-state index contributed by atoms with van der Waals surface area (Å²) in [6.45, 7) is 2.45. The van der Waals surface area contributed by atoms with Gasteiger partial charge in [0.05, 0.1) is 0 Å². The summed E-state index contributed by atoms with van der Waals surface area (Å²) in [5.74, 6) is 0.0931. The lowest BCUT2D eigenvalue weighted by Gasteiger charge is -2.10. The highest BCUT2D eigenvalue weighted by molar-refractivity contribution is 5.75. The number of nitrogens with two attached hydrogens (primary N) is 3. The lowest BCUT2D eigenvalue weighted by Crippen LogP contribution is -2.36. The summed E-state index contributed by atoms with van der Waals surface area (Å²) in [7, 11) is 0. The Morgan fingerprint density at radius 2 is 2.08 bits per heavy atom. The van der Waals surface area contributed by atoms with Crippen molar-refractivity contribution >= 4 is 12.0 Å². The smallest absolute Gasteiger partial charge is 0.312 e. The first-order valence-corrected chi connectivity index (χ1v) is 4.13. The second-order valence-electron chi connectivity index (χ2n) is 2.86. The molecule has 0 saturated carbocycles. The number of aliphatic imine (C=N–C) groups is 1. The van der Waals surface area contributed by atoms with Gasteiger partial charge in [0.1, 0.15) is 0 Å². The highest BCUT2D eigenvalue weighted by atomic mass is 16.2. The number of rotatable bonds is 5. The minimum absolute atomic E-state index is 0.0618. The minimum Gasteiger partial charge on any atom is -0.370 e. The zero-order chi connectivity index (χ0) is 10.3. The summed E-state index contributed by atoms with van der Waals surface area (Å²) in [6.07, 6.45) is 1.62. The molecule has 0 aromatic rings. The van der Waals surface area contributed by atoms with Crippen molar-refractivity contribution in [3.05, 3.63) is 0 Å². The predicted molar refractivity (Wildman–Crippen MR) is 52.1 cm³/mol. The molecule has 0 aliphatic rings. The van der Waals surface area contributed by atoms with E-state index in [0.717, 1.165) is 12.8 Å². The van der Waals surface area contributed by atoms with Gasteiger partial charge in [-0.05, 0) is 19.8 Å². The molecule has 2 amide bonds. The summed E-state index contributed by atoms with van der Waals surface area (Å²) in [4.78, 5) is 14.2. The molecule has 1 atom stereocenters. The van der Waals surface area contributed by atoms with Crippen molar-refractivity contribution in [2.45, 2.75) is 25.8 Å². The van der Waals surface area contributed by atoms with Gasteiger partial charge in [0.2, 0.25) is 0 Å².